The van der Waals surface area contributed by atoms with Gasteiger partial charge >= 0.3 is 0 Å². The fraction of sp³-hybridized carbons (Fsp3) is 0.0870. The van der Waals surface area contributed by atoms with Crippen LogP contribution in [0.5, 0.6) is 5.75 Å². The van der Waals surface area contributed by atoms with E-state index < -0.39 is 4.92 Å². The zero-order chi connectivity index (χ0) is 24.2. The van der Waals surface area contributed by atoms with Crippen LogP contribution in [0.1, 0.15) is 11.1 Å². The van der Waals surface area contributed by atoms with Crippen LogP contribution in [-0.4, -0.2) is 32.9 Å². The lowest BCUT2D eigenvalue weighted by Gasteiger charge is -2.08. The second-order valence-electron chi connectivity index (χ2n) is 7.19. The number of anilines is 1. The summed E-state index contributed by atoms with van der Waals surface area (Å²) in [6, 6.07) is 14.5. The van der Waals surface area contributed by atoms with Gasteiger partial charge in [0.1, 0.15) is 5.75 Å². The van der Waals surface area contributed by atoms with E-state index >= 15 is 0 Å². The van der Waals surface area contributed by atoms with Gasteiger partial charge in [0.15, 0.2) is 4.34 Å². The SMILES string of the molecule is Cc1ccc(Cl)cc1NC(=O)CSc1nc2ccc(N=Cc3cc([N+](=O)[O-])ccc3O)cc2s1. The third-order valence-corrected chi connectivity index (χ3v) is 7.12. The summed E-state index contributed by atoms with van der Waals surface area (Å²) in [5.41, 5.74) is 3.10. The number of hydrogen-bond acceptors (Lipinski definition) is 8. The van der Waals surface area contributed by atoms with Crippen LogP contribution >= 0.6 is 34.7 Å². The Morgan fingerprint density at radius 3 is 2.88 bits per heavy atom. The largest absolute Gasteiger partial charge is 0.507 e. The molecule has 0 fully saturated rings. The molecule has 0 bridgehead atoms. The highest BCUT2D eigenvalue weighted by molar-refractivity contribution is 8.01. The third-order valence-electron chi connectivity index (χ3n) is 4.73. The first-order chi connectivity index (χ1) is 16.3. The predicted molar refractivity (Wildman–Crippen MR) is 137 cm³/mol. The number of phenolic OH excluding ortho intramolecular Hbond substituents is 1. The molecule has 4 aromatic rings. The molecule has 2 N–H and O–H groups in total. The van der Waals surface area contributed by atoms with E-state index in [1.165, 1.54) is 47.5 Å². The van der Waals surface area contributed by atoms with Gasteiger partial charge in [-0.2, -0.15) is 0 Å². The Kier molecular flexibility index (Phi) is 7.11. The Morgan fingerprint density at radius 2 is 2.09 bits per heavy atom. The van der Waals surface area contributed by atoms with Crippen LogP contribution in [-0.2, 0) is 4.79 Å². The van der Waals surface area contributed by atoms with Gasteiger partial charge < -0.3 is 10.4 Å². The molecule has 0 atom stereocenters. The fourth-order valence-electron chi connectivity index (χ4n) is 2.98. The lowest BCUT2D eigenvalue weighted by Crippen LogP contribution is -2.14. The number of nitrogens with one attached hydrogen (secondary N) is 1. The first-order valence-electron chi connectivity index (χ1n) is 9.89. The van der Waals surface area contributed by atoms with Gasteiger partial charge in [-0.3, -0.25) is 19.9 Å². The van der Waals surface area contributed by atoms with Crippen molar-refractivity contribution in [3.05, 3.63) is 80.9 Å². The topological polar surface area (TPSA) is 118 Å². The Morgan fingerprint density at radius 1 is 1.26 bits per heavy atom. The summed E-state index contributed by atoms with van der Waals surface area (Å²) < 4.78 is 1.62. The van der Waals surface area contributed by atoms with Crippen molar-refractivity contribution in [3.63, 3.8) is 0 Å². The van der Waals surface area contributed by atoms with Crippen molar-refractivity contribution in [1.29, 1.82) is 0 Å². The van der Waals surface area contributed by atoms with Gasteiger partial charge in [0.25, 0.3) is 5.69 Å². The standard InChI is InChI=1S/C23H17ClN4O4S2/c1-13-2-3-15(24)9-19(13)26-22(30)12-33-23-27-18-6-4-16(10-21(18)34-23)25-11-14-8-17(28(31)32)5-7-20(14)29/h2-11,29H,12H2,1H3,(H,26,30). The highest BCUT2D eigenvalue weighted by Gasteiger charge is 2.11. The molecule has 0 radical (unpaired) electrons. The Balaban J connectivity index is 1.43. The molecule has 0 unspecified atom stereocenters. The highest BCUT2D eigenvalue weighted by Crippen LogP contribution is 2.32. The lowest BCUT2D eigenvalue weighted by atomic mass is 10.2. The quantitative estimate of drug-likeness (QED) is 0.129. The molecule has 4 rings (SSSR count). The van der Waals surface area contributed by atoms with Gasteiger partial charge in [0.2, 0.25) is 5.91 Å². The van der Waals surface area contributed by atoms with Crippen LogP contribution in [0.25, 0.3) is 10.2 Å². The van der Waals surface area contributed by atoms with Gasteiger partial charge in [-0.1, -0.05) is 29.4 Å². The number of carbonyl (C=O) groups excluding carboxylic acids is 1. The van der Waals surface area contributed by atoms with Gasteiger partial charge in [0.05, 0.1) is 26.6 Å². The second kappa shape index (κ2) is 10.2. The zero-order valence-electron chi connectivity index (χ0n) is 17.7. The first-order valence-corrected chi connectivity index (χ1v) is 12.1. The maximum absolute atomic E-state index is 12.4. The predicted octanol–water partition coefficient (Wildman–Crippen LogP) is 6.35. The summed E-state index contributed by atoms with van der Waals surface area (Å²) in [5, 5.41) is 24.3. The number of benzene rings is 3. The van der Waals surface area contributed by atoms with Crippen molar-refractivity contribution in [1.82, 2.24) is 4.98 Å². The number of nitro groups is 1. The van der Waals surface area contributed by atoms with Gasteiger partial charge in [-0.25, -0.2) is 4.98 Å². The molecule has 0 aliphatic carbocycles. The van der Waals surface area contributed by atoms with E-state index in [2.05, 4.69) is 15.3 Å². The molecule has 0 aliphatic heterocycles. The molecule has 1 aromatic heterocycles. The number of nitro benzene ring substituents is 1. The molecule has 8 nitrogen and oxygen atoms in total. The normalized spacial score (nSPS) is 11.2. The van der Waals surface area contributed by atoms with E-state index in [9.17, 15) is 20.0 Å². The summed E-state index contributed by atoms with van der Waals surface area (Å²) in [6.07, 6.45) is 1.38. The molecule has 1 heterocycles. The number of nitrogens with zero attached hydrogens (tertiary/aromatic N) is 3. The fourth-order valence-corrected chi connectivity index (χ4v) is 5.05. The third kappa shape index (κ3) is 5.71. The minimum atomic E-state index is -0.532. The maximum Gasteiger partial charge on any atom is 0.270 e. The second-order valence-corrected chi connectivity index (χ2v) is 9.88. The molecule has 1 amide bonds. The van der Waals surface area contributed by atoms with Crippen molar-refractivity contribution < 1.29 is 14.8 Å². The van der Waals surface area contributed by atoms with E-state index in [-0.39, 0.29) is 28.7 Å². The number of fused-ring (bicyclic) bond motifs is 1. The van der Waals surface area contributed by atoms with Crippen LogP contribution < -0.4 is 5.32 Å². The molecule has 172 valence electrons. The van der Waals surface area contributed by atoms with E-state index in [1.807, 2.05) is 25.1 Å². The number of halogens is 1. The number of carbonyl (C=O) groups is 1. The lowest BCUT2D eigenvalue weighted by molar-refractivity contribution is -0.384. The maximum atomic E-state index is 12.4. The summed E-state index contributed by atoms with van der Waals surface area (Å²) in [7, 11) is 0. The van der Waals surface area contributed by atoms with Crippen LogP contribution in [0.2, 0.25) is 5.02 Å². The molecule has 0 saturated carbocycles. The Hall–Kier alpha value is -3.47. The molecular weight excluding hydrogens is 496 g/mol. The number of hydrogen-bond donors (Lipinski definition) is 2. The van der Waals surface area contributed by atoms with Crippen molar-refractivity contribution in [2.24, 2.45) is 4.99 Å². The van der Waals surface area contributed by atoms with Crippen LogP contribution in [0.15, 0.2) is 63.9 Å². The summed E-state index contributed by atoms with van der Waals surface area (Å²) in [6.45, 7) is 1.90. The van der Waals surface area contributed by atoms with E-state index in [0.717, 1.165) is 20.1 Å². The smallest absolute Gasteiger partial charge is 0.270 e. The number of aryl methyl sites for hydroxylation is 1. The van der Waals surface area contributed by atoms with Crippen molar-refractivity contribution in [3.8, 4) is 5.75 Å². The van der Waals surface area contributed by atoms with Crippen molar-refractivity contribution in [2.75, 3.05) is 11.1 Å². The monoisotopic (exact) mass is 512 g/mol. The van der Waals surface area contributed by atoms with Gasteiger partial charge in [-0.15, -0.1) is 11.3 Å². The number of aromatic hydroxyl groups is 1. The number of phenols is 1. The summed E-state index contributed by atoms with van der Waals surface area (Å²) >= 11 is 8.77. The number of thioether (sulfide) groups is 1. The molecule has 3 aromatic carbocycles. The summed E-state index contributed by atoms with van der Waals surface area (Å²) in [5.74, 6) is -0.0575. The highest BCUT2D eigenvalue weighted by atomic mass is 35.5. The Labute approximate surface area is 207 Å². The molecule has 0 spiro atoms. The number of rotatable bonds is 7. The molecule has 34 heavy (non-hydrogen) atoms. The van der Waals surface area contributed by atoms with Crippen LogP contribution in [0.4, 0.5) is 17.1 Å². The minimum Gasteiger partial charge on any atom is -0.507 e. The van der Waals surface area contributed by atoms with E-state index in [4.69, 9.17) is 11.6 Å². The van der Waals surface area contributed by atoms with Crippen molar-refractivity contribution >= 4 is 74.1 Å². The molecule has 11 heteroatoms. The average molecular weight is 513 g/mol. The number of aliphatic imine (C=N–C) groups is 1. The van der Waals surface area contributed by atoms with Crippen LogP contribution in [0, 0.1) is 17.0 Å². The number of amides is 1. The van der Waals surface area contributed by atoms with Gasteiger partial charge in [-0.05, 0) is 48.9 Å². The number of thiazole rings is 1. The summed E-state index contributed by atoms with van der Waals surface area (Å²) in [4.78, 5) is 31.6. The first kappa shape index (κ1) is 23.7. The van der Waals surface area contributed by atoms with Crippen LogP contribution in [0.3, 0.4) is 0 Å². The average Bonchev–Trinajstić information content (AvgIpc) is 3.21. The Bertz CT molecular complexity index is 1440. The zero-order valence-corrected chi connectivity index (χ0v) is 20.1. The van der Waals surface area contributed by atoms with Gasteiger partial charge in [0, 0.05) is 34.6 Å². The van der Waals surface area contributed by atoms with Crippen molar-refractivity contribution in [2.45, 2.75) is 11.3 Å². The molecule has 0 aliphatic rings. The van der Waals surface area contributed by atoms with E-state index in [0.29, 0.717) is 16.4 Å². The number of aromatic nitrogens is 1. The molecular formula is C23H17ClN4O4S2. The number of non-ortho nitro benzene ring substituents is 1. The minimum absolute atomic E-state index is 0.0989. The molecule has 0 saturated heterocycles. The van der Waals surface area contributed by atoms with E-state index in [1.54, 1.807) is 18.2 Å².